The maximum Gasteiger partial charge on any atom is 0.317 e. The molecule has 0 fully saturated rings. The van der Waals surface area contributed by atoms with Crippen molar-refractivity contribution in [2.75, 3.05) is 0 Å². The van der Waals surface area contributed by atoms with Gasteiger partial charge < -0.3 is 5.11 Å². The molecule has 1 rings (SSSR count). The Morgan fingerprint density at radius 2 is 2.46 bits per heavy atom. The summed E-state index contributed by atoms with van der Waals surface area (Å²) in [7, 11) is 0. The molecule has 1 N–H and O–H groups in total. The zero-order valence-corrected chi connectivity index (χ0v) is 7.99. The first-order valence-corrected chi connectivity index (χ1v) is 4.77. The van der Waals surface area contributed by atoms with E-state index in [1.807, 2.05) is 6.92 Å². The van der Waals surface area contributed by atoms with Gasteiger partial charge in [0.25, 0.3) is 0 Å². The summed E-state index contributed by atoms with van der Waals surface area (Å²) in [5.74, 6) is -0.807. The first-order chi connectivity index (χ1) is 6.24. The van der Waals surface area contributed by atoms with Crippen LogP contribution in [-0.4, -0.2) is 26.3 Å². The topological polar surface area (TPSA) is 63.1 Å². The van der Waals surface area contributed by atoms with Gasteiger partial charge in [-0.05, 0) is 6.42 Å². The van der Waals surface area contributed by atoms with Crippen LogP contribution in [0.2, 0.25) is 0 Å². The molecule has 70 valence electrons. The molecular weight excluding hydrogens is 188 g/mol. The summed E-state index contributed by atoms with van der Waals surface area (Å²) >= 11 is 1.22. The van der Waals surface area contributed by atoms with E-state index in [1.165, 1.54) is 11.8 Å². The second-order valence-corrected chi connectivity index (χ2v) is 3.62. The molecule has 13 heavy (non-hydrogen) atoms. The Bertz CT molecular complexity index is 279. The van der Waals surface area contributed by atoms with Gasteiger partial charge in [0.1, 0.15) is 10.3 Å². The van der Waals surface area contributed by atoms with Gasteiger partial charge in [0, 0.05) is 12.4 Å². The molecule has 0 radical (unpaired) electrons. The van der Waals surface area contributed by atoms with Crippen molar-refractivity contribution in [3.8, 4) is 0 Å². The van der Waals surface area contributed by atoms with E-state index in [4.69, 9.17) is 5.11 Å². The predicted molar refractivity (Wildman–Crippen MR) is 49.6 cm³/mol. The fourth-order valence-electron chi connectivity index (χ4n) is 0.800. The fraction of sp³-hybridized carbons (Fsp3) is 0.375. The quantitative estimate of drug-likeness (QED) is 0.741. The van der Waals surface area contributed by atoms with Crippen molar-refractivity contribution in [1.82, 2.24) is 9.97 Å². The molecule has 0 aliphatic rings. The van der Waals surface area contributed by atoms with Gasteiger partial charge in [-0.2, -0.15) is 0 Å². The predicted octanol–water partition coefficient (Wildman–Crippen LogP) is 1.43. The minimum absolute atomic E-state index is 0.434. The lowest BCUT2D eigenvalue weighted by Gasteiger charge is -2.06. The van der Waals surface area contributed by atoms with Gasteiger partial charge in [0.2, 0.25) is 0 Å². The van der Waals surface area contributed by atoms with Gasteiger partial charge in [-0.1, -0.05) is 18.7 Å². The smallest absolute Gasteiger partial charge is 0.317 e. The Kier molecular flexibility index (Phi) is 3.70. The highest BCUT2D eigenvalue weighted by molar-refractivity contribution is 8.00. The van der Waals surface area contributed by atoms with Gasteiger partial charge in [-0.15, -0.1) is 0 Å². The van der Waals surface area contributed by atoms with Gasteiger partial charge in [-0.3, -0.25) is 9.78 Å². The number of aliphatic carboxylic acids is 1. The summed E-state index contributed by atoms with van der Waals surface area (Å²) in [5, 5.41) is 8.98. The molecule has 0 bridgehead atoms. The number of nitrogens with zero attached hydrogens (tertiary/aromatic N) is 2. The normalized spacial score (nSPS) is 12.4. The van der Waals surface area contributed by atoms with E-state index in [2.05, 4.69) is 9.97 Å². The van der Waals surface area contributed by atoms with Crippen molar-refractivity contribution >= 4 is 17.7 Å². The van der Waals surface area contributed by atoms with Crippen LogP contribution < -0.4 is 0 Å². The van der Waals surface area contributed by atoms with Crippen molar-refractivity contribution in [2.24, 2.45) is 0 Å². The highest BCUT2D eigenvalue weighted by Crippen LogP contribution is 2.22. The lowest BCUT2D eigenvalue weighted by Crippen LogP contribution is -2.14. The van der Waals surface area contributed by atoms with E-state index < -0.39 is 11.2 Å². The van der Waals surface area contributed by atoms with Crippen molar-refractivity contribution in [1.29, 1.82) is 0 Å². The Labute approximate surface area is 80.4 Å². The molecule has 0 saturated carbocycles. The molecule has 0 aliphatic heterocycles. The maximum atomic E-state index is 10.7. The van der Waals surface area contributed by atoms with Gasteiger partial charge in [0.05, 0.1) is 6.20 Å². The van der Waals surface area contributed by atoms with E-state index in [-0.39, 0.29) is 0 Å². The SMILES string of the molecule is CCC(Sc1cnccn1)C(=O)O. The number of rotatable bonds is 4. The number of aromatic nitrogens is 2. The lowest BCUT2D eigenvalue weighted by molar-refractivity contribution is -0.136. The fourth-order valence-corrected chi connectivity index (χ4v) is 1.60. The molecule has 5 heteroatoms. The molecule has 0 aliphatic carbocycles. The van der Waals surface area contributed by atoms with E-state index in [0.29, 0.717) is 11.4 Å². The second-order valence-electron chi connectivity index (χ2n) is 2.40. The number of thioether (sulfide) groups is 1. The van der Waals surface area contributed by atoms with E-state index in [0.717, 1.165) is 0 Å². The van der Waals surface area contributed by atoms with Crippen LogP contribution in [0, 0.1) is 0 Å². The zero-order valence-electron chi connectivity index (χ0n) is 7.17. The molecule has 1 heterocycles. The van der Waals surface area contributed by atoms with Crippen molar-refractivity contribution in [3.05, 3.63) is 18.6 Å². The van der Waals surface area contributed by atoms with Crippen LogP contribution in [-0.2, 0) is 4.79 Å². The molecule has 0 saturated heterocycles. The van der Waals surface area contributed by atoms with Crippen molar-refractivity contribution in [3.63, 3.8) is 0 Å². The number of carbonyl (C=O) groups is 1. The van der Waals surface area contributed by atoms with E-state index >= 15 is 0 Å². The average Bonchev–Trinajstić information content (AvgIpc) is 2.15. The summed E-state index contributed by atoms with van der Waals surface area (Å²) in [4.78, 5) is 18.5. The summed E-state index contributed by atoms with van der Waals surface area (Å²) in [6.07, 6.45) is 5.26. The van der Waals surface area contributed by atoms with Crippen LogP contribution in [0.4, 0.5) is 0 Å². The number of hydrogen-bond acceptors (Lipinski definition) is 4. The average molecular weight is 198 g/mol. The molecule has 4 nitrogen and oxygen atoms in total. The van der Waals surface area contributed by atoms with Crippen LogP contribution in [0.5, 0.6) is 0 Å². The minimum Gasteiger partial charge on any atom is -0.480 e. The van der Waals surface area contributed by atoms with Crippen LogP contribution in [0.1, 0.15) is 13.3 Å². The standard InChI is InChI=1S/C8H10N2O2S/c1-2-6(8(11)12)13-7-5-9-3-4-10-7/h3-6H,2H2,1H3,(H,11,12). The first-order valence-electron chi connectivity index (χ1n) is 3.89. The third kappa shape index (κ3) is 3.02. The molecule has 1 aromatic rings. The maximum absolute atomic E-state index is 10.7. The van der Waals surface area contributed by atoms with E-state index in [9.17, 15) is 4.79 Å². The largest absolute Gasteiger partial charge is 0.480 e. The summed E-state index contributed by atoms with van der Waals surface area (Å²) in [6, 6.07) is 0. The number of hydrogen-bond donors (Lipinski definition) is 1. The monoisotopic (exact) mass is 198 g/mol. The Morgan fingerprint density at radius 3 is 2.92 bits per heavy atom. The van der Waals surface area contributed by atoms with Crippen molar-refractivity contribution < 1.29 is 9.90 Å². The van der Waals surface area contributed by atoms with Crippen LogP contribution >= 0.6 is 11.8 Å². The second kappa shape index (κ2) is 4.81. The molecule has 1 atom stereocenters. The summed E-state index contributed by atoms with van der Waals surface area (Å²) in [5.41, 5.74) is 0. The number of carboxylic acid groups (broad SMARTS) is 1. The molecule has 0 spiro atoms. The first kappa shape index (κ1) is 9.98. The van der Waals surface area contributed by atoms with E-state index in [1.54, 1.807) is 18.6 Å². The van der Waals surface area contributed by atoms with Crippen LogP contribution in [0.3, 0.4) is 0 Å². The Morgan fingerprint density at radius 1 is 1.69 bits per heavy atom. The molecule has 1 unspecified atom stereocenters. The minimum atomic E-state index is -0.807. The lowest BCUT2D eigenvalue weighted by atomic mass is 10.3. The Hall–Kier alpha value is -1.10. The molecule has 0 aromatic carbocycles. The van der Waals surface area contributed by atoms with Crippen LogP contribution in [0.15, 0.2) is 23.6 Å². The molecular formula is C8H10N2O2S. The highest BCUT2D eigenvalue weighted by Gasteiger charge is 2.16. The Balaban J connectivity index is 2.62. The summed E-state index contributed by atoms with van der Waals surface area (Å²) in [6.45, 7) is 1.84. The molecule has 0 amide bonds. The zero-order chi connectivity index (χ0) is 9.68. The van der Waals surface area contributed by atoms with Gasteiger partial charge in [0.15, 0.2) is 0 Å². The van der Waals surface area contributed by atoms with Gasteiger partial charge >= 0.3 is 5.97 Å². The van der Waals surface area contributed by atoms with Crippen LogP contribution in [0.25, 0.3) is 0 Å². The number of carboxylic acids is 1. The third-order valence-corrected chi connectivity index (χ3v) is 2.72. The third-order valence-electron chi connectivity index (χ3n) is 1.45. The summed E-state index contributed by atoms with van der Waals surface area (Å²) < 4.78 is 0. The van der Waals surface area contributed by atoms with Crippen molar-refractivity contribution in [2.45, 2.75) is 23.6 Å². The molecule has 1 aromatic heterocycles. The van der Waals surface area contributed by atoms with Gasteiger partial charge in [-0.25, -0.2) is 4.98 Å². The highest BCUT2D eigenvalue weighted by atomic mass is 32.2.